The molecule has 0 aromatic carbocycles. The van der Waals surface area contributed by atoms with Crippen LogP contribution in [0.15, 0.2) is 12.3 Å². The topological polar surface area (TPSA) is 36.4 Å². The highest BCUT2D eigenvalue weighted by Gasteiger charge is 2.19. The Kier molecular flexibility index (Phi) is 6.43. The average Bonchev–Trinajstić information content (AvgIpc) is 2.33. The lowest BCUT2D eigenvalue weighted by atomic mass is 10.1. The molecule has 0 N–H and O–H groups in total. The number of halogens is 1. The maximum atomic E-state index is 12.6. The van der Waals surface area contributed by atoms with Gasteiger partial charge in [-0.1, -0.05) is 25.4 Å². The van der Waals surface area contributed by atoms with Crippen LogP contribution in [0.2, 0.25) is 5.02 Å². The summed E-state index contributed by atoms with van der Waals surface area (Å²) in [5.74, 6) is 0.372. The summed E-state index contributed by atoms with van der Waals surface area (Å²) in [4.78, 5) is 20.7. The fourth-order valence-corrected chi connectivity index (χ4v) is 2.18. The number of rotatable bonds is 6. The van der Waals surface area contributed by atoms with E-state index in [1.54, 1.807) is 12.3 Å². The number of aromatic nitrogens is 1. The molecule has 0 saturated heterocycles. The van der Waals surface area contributed by atoms with E-state index >= 15 is 0 Å². The summed E-state index contributed by atoms with van der Waals surface area (Å²) < 4.78 is 0. The molecule has 5 heteroatoms. The number of hydrogen-bond acceptors (Lipinski definition) is 3. The zero-order valence-corrected chi connectivity index (χ0v) is 13.7. The average molecular weight is 298 g/mol. The van der Waals surface area contributed by atoms with E-state index in [9.17, 15) is 4.79 Å². The van der Waals surface area contributed by atoms with Gasteiger partial charge in [0.15, 0.2) is 0 Å². The van der Waals surface area contributed by atoms with E-state index in [1.807, 2.05) is 25.9 Å². The van der Waals surface area contributed by atoms with Gasteiger partial charge >= 0.3 is 0 Å². The smallest absolute Gasteiger partial charge is 0.256 e. The second-order valence-electron chi connectivity index (χ2n) is 5.75. The normalized spacial score (nSPS) is 11.2. The van der Waals surface area contributed by atoms with E-state index in [0.29, 0.717) is 23.0 Å². The summed E-state index contributed by atoms with van der Waals surface area (Å²) in [6, 6.07) is 1.73. The van der Waals surface area contributed by atoms with Gasteiger partial charge in [0.2, 0.25) is 0 Å². The molecule has 4 nitrogen and oxygen atoms in total. The zero-order chi connectivity index (χ0) is 15.3. The van der Waals surface area contributed by atoms with Crippen LogP contribution in [0.4, 0.5) is 0 Å². The van der Waals surface area contributed by atoms with Gasteiger partial charge in [-0.15, -0.1) is 0 Å². The molecule has 0 radical (unpaired) electrons. The van der Waals surface area contributed by atoms with E-state index in [0.717, 1.165) is 18.8 Å². The van der Waals surface area contributed by atoms with Gasteiger partial charge < -0.3 is 9.80 Å². The highest BCUT2D eigenvalue weighted by atomic mass is 35.5. The molecule has 1 rings (SSSR count). The number of amides is 1. The third-order valence-corrected chi connectivity index (χ3v) is 3.22. The fourth-order valence-electron chi connectivity index (χ4n) is 1.89. The van der Waals surface area contributed by atoms with Crippen LogP contribution in [0.1, 0.15) is 29.9 Å². The molecular weight excluding hydrogens is 274 g/mol. The summed E-state index contributed by atoms with van der Waals surface area (Å²) in [6.45, 7) is 8.30. The number of aryl methyl sites for hydroxylation is 1. The Morgan fingerprint density at radius 3 is 2.50 bits per heavy atom. The number of carbonyl (C=O) groups is 1. The quantitative estimate of drug-likeness (QED) is 0.810. The number of pyridine rings is 1. The zero-order valence-electron chi connectivity index (χ0n) is 13.0. The number of carbonyl (C=O) groups excluding carboxylic acids is 1. The highest BCUT2D eigenvalue weighted by molar-refractivity contribution is 6.33. The summed E-state index contributed by atoms with van der Waals surface area (Å²) in [6.07, 6.45) is 1.57. The lowest BCUT2D eigenvalue weighted by Crippen LogP contribution is -2.39. The van der Waals surface area contributed by atoms with Crippen LogP contribution in [0.25, 0.3) is 0 Å². The Morgan fingerprint density at radius 2 is 2.00 bits per heavy atom. The van der Waals surface area contributed by atoms with Crippen molar-refractivity contribution in [3.63, 3.8) is 0 Å². The minimum atomic E-state index is -0.0435. The van der Waals surface area contributed by atoms with Crippen molar-refractivity contribution >= 4 is 17.5 Å². The molecule has 0 aliphatic rings. The van der Waals surface area contributed by atoms with E-state index < -0.39 is 0 Å². The first-order chi connectivity index (χ1) is 9.31. The van der Waals surface area contributed by atoms with Gasteiger partial charge in [0, 0.05) is 31.5 Å². The molecule has 0 fully saturated rings. The monoisotopic (exact) mass is 297 g/mol. The lowest BCUT2D eigenvalue weighted by molar-refractivity contribution is 0.0724. The van der Waals surface area contributed by atoms with E-state index in [2.05, 4.69) is 23.7 Å². The SMILES string of the molecule is Cc1cc(Cl)c(C(=O)N(CCN(C)C)CC(C)C)cn1. The molecule has 0 atom stereocenters. The molecule has 112 valence electrons. The predicted molar refractivity (Wildman–Crippen MR) is 83.3 cm³/mol. The predicted octanol–water partition coefficient (Wildman–Crippen LogP) is 2.70. The maximum Gasteiger partial charge on any atom is 0.256 e. The van der Waals surface area contributed by atoms with E-state index in [4.69, 9.17) is 11.6 Å². The van der Waals surface area contributed by atoms with Crippen molar-refractivity contribution in [2.45, 2.75) is 20.8 Å². The Bertz CT molecular complexity index is 460. The van der Waals surface area contributed by atoms with Crippen LogP contribution < -0.4 is 0 Å². The second-order valence-corrected chi connectivity index (χ2v) is 6.16. The molecule has 1 heterocycles. The summed E-state index contributed by atoms with van der Waals surface area (Å²) in [5, 5.41) is 0.473. The Hall–Kier alpha value is -1.13. The molecule has 0 saturated carbocycles. The van der Waals surface area contributed by atoms with Crippen LogP contribution >= 0.6 is 11.6 Å². The molecule has 1 aromatic heterocycles. The van der Waals surface area contributed by atoms with Crippen LogP contribution in [-0.2, 0) is 0 Å². The van der Waals surface area contributed by atoms with Crippen molar-refractivity contribution in [1.82, 2.24) is 14.8 Å². The largest absolute Gasteiger partial charge is 0.337 e. The standard InChI is InChI=1S/C15H24ClN3O/c1-11(2)10-19(7-6-18(4)5)15(20)13-9-17-12(3)8-14(13)16/h8-9,11H,6-7,10H2,1-5H3. The fraction of sp³-hybridized carbons (Fsp3) is 0.600. The second kappa shape index (κ2) is 7.60. The summed E-state index contributed by atoms with van der Waals surface area (Å²) in [5.41, 5.74) is 1.30. The number of hydrogen-bond donors (Lipinski definition) is 0. The van der Waals surface area contributed by atoms with E-state index in [1.165, 1.54) is 0 Å². The van der Waals surface area contributed by atoms with Crippen LogP contribution in [-0.4, -0.2) is 54.4 Å². The Balaban J connectivity index is 2.90. The van der Waals surface area contributed by atoms with E-state index in [-0.39, 0.29) is 5.91 Å². The molecule has 1 amide bonds. The van der Waals surface area contributed by atoms with Gasteiger partial charge in [-0.05, 0) is 33.0 Å². The molecule has 1 aromatic rings. The Labute approximate surface area is 126 Å². The van der Waals surface area contributed by atoms with Gasteiger partial charge in [-0.25, -0.2) is 0 Å². The molecular formula is C15H24ClN3O. The minimum absolute atomic E-state index is 0.0435. The number of likely N-dealkylation sites (N-methyl/N-ethyl adjacent to an activating group) is 1. The van der Waals surface area contributed by atoms with Gasteiger partial charge in [0.25, 0.3) is 5.91 Å². The maximum absolute atomic E-state index is 12.6. The summed E-state index contributed by atoms with van der Waals surface area (Å²) in [7, 11) is 4.00. The summed E-state index contributed by atoms with van der Waals surface area (Å²) >= 11 is 6.17. The molecule has 0 aliphatic heterocycles. The van der Waals surface area contributed by atoms with Crippen molar-refractivity contribution in [3.8, 4) is 0 Å². The van der Waals surface area contributed by atoms with Gasteiger partial charge in [0.05, 0.1) is 10.6 Å². The molecule has 0 unspecified atom stereocenters. The van der Waals surface area contributed by atoms with Crippen molar-refractivity contribution in [2.24, 2.45) is 5.92 Å². The van der Waals surface area contributed by atoms with Gasteiger partial charge in [0.1, 0.15) is 0 Å². The highest BCUT2D eigenvalue weighted by Crippen LogP contribution is 2.18. The molecule has 0 spiro atoms. The van der Waals surface area contributed by atoms with Crippen LogP contribution in [0.5, 0.6) is 0 Å². The first-order valence-electron chi connectivity index (χ1n) is 6.87. The minimum Gasteiger partial charge on any atom is -0.337 e. The number of nitrogens with zero attached hydrogens (tertiary/aromatic N) is 3. The molecule has 0 aliphatic carbocycles. The van der Waals surface area contributed by atoms with Crippen molar-refractivity contribution in [2.75, 3.05) is 33.7 Å². The van der Waals surface area contributed by atoms with Crippen molar-refractivity contribution in [3.05, 3.63) is 28.5 Å². The Morgan fingerprint density at radius 1 is 1.35 bits per heavy atom. The van der Waals surface area contributed by atoms with Crippen molar-refractivity contribution in [1.29, 1.82) is 0 Å². The third-order valence-electron chi connectivity index (χ3n) is 2.91. The van der Waals surface area contributed by atoms with Crippen LogP contribution in [0.3, 0.4) is 0 Å². The first-order valence-corrected chi connectivity index (χ1v) is 7.25. The van der Waals surface area contributed by atoms with Gasteiger partial charge in [-0.2, -0.15) is 0 Å². The van der Waals surface area contributed by atoms with Crippen molar-refractivity contribution < 1.29 is 4.79 Å². The van der Waals surface area contributed by atoms with Gasteiger partial charge in [-0.3, -0.25) is 9.78 Å². The first kappa shape index (κ1) is 16.9. The van der Waals surface area contributed by atoms with Crippen LogP contribution in [0, 0.1) is 12.8 Å². The lowest BCUT2D eigenvalue weighted by Gasteiger charge is -2.26. The third kappa shape index (κ3) is 5.10. The molecule has 20 heavy (non-hydrogen) atoms. The molecule has 0 bridgehead atoms.